The fraction of sp³-hybridized carbons (Fsp3) is 0.778. The van der Waals surface area contributed by atoms with Crippen LogP contribution in [-0.2, 0) is 9.59 Å². The molecule has 0 fully saturated rings. The second-order valence-corrected chi connectivity index (χ2v) is 5.79. The van der Waals surface area contributed by atoms with E-state index in [1.165, 1.54) is 37.0 Å². The van der Waals surface area contributed by atoms with Crippen molar-refractivity contribution in [2.45, 2.75) is 78.1 Å². The molecule has 1 amide bonds. The third-order valence-electron chi connectivity index (χ3n) is 3.71. The van der Waals surface area contributed by atoms with E-state index in [-0.39, 0.29) is 12.5 Å². The molecule has 0 aromatic heterocycles. The SMILES string of the molecule is C/C=C/CCCC(=O)N(CCCCCCCCC)CC(=O)O. The third kappa shape index (κ3) is 12.4. The number of carbonyl (C=O) groups excluding carboxylic acids is 1. The largest absolute Gasteiger partial charge is 0.480 e. The van der Waals surface area contributed by atoms with Gasteiger partial charge in [-0.15, -0.1) is 0 Å². The molecule has 0 saturated carbocycles. The number of hydrogen-bond donors (Lipinski definition) is 1. The molecular weight excluding hydrogens is 278 g/mol. The highest BCUT2D eigenvalue weighted by molar-refractivity contribution is 5.81. The molecule has 0 saturated heterocycles. The molecule has 128 valence electrons. The lowest BCUT2D eigenvalue weighted by molar-refractivity contribution is -0.144. The summed E-state index contributed by atoms with van der Waals surface area (Å²) >= 11 is 0. The summed E-state index contributed by atoms with van der Waals surface area (Å²) in [5, 5.41) is 8.94. The van der Waals surface area contributed by atoms with E-state index in [2.05, 4.69) is 6.92 Å². The van der Waals surface area contributed by atoms with Crippen LogP contribution in [0.4, 0.5) is 0 Å². The van der Waals surface area contributed by atoms with Crippen LogP contribution in [-0.4, -0.2) is 35.0 Å². The quantitative estimate of drug-likeness (QED) is 0.382. The molecule has 0 aliphatic carbocycles. The highest BCUT2D eigenvalue weighted by Crippen LogP contribution is 2.09. The van der Waals surface area contributed by atoms with Gasteiger partial charge in [0.25, 0.3) is 0 Å². The third-order valence-corrected chi connectivity index (χ3v) is 3.71. The molecule has 0 aromatic rings. The van der Waals surface area contributed by atoms with Gasteiger partial charge in [0, 0.05) is 13.0 Å². The molecule has 0 atom stereocenters. The lowest BCUT2D eigenvalue weighted by Gasteiger charge is -2.20. The van der Waals surface area contributed by atoms with Crippen LogP contribution < -0.4 is 0 Å². The summed E-state index contributed by atoms with van der Waals surface area (Å²) in [6.07, 6.45) is 14.3. The fourth-order valence-electron chi connectivity index (χ4n) is 2.41. The van der Waals surface area contributed by atoms with Gasteiger partial charge in [-0.05, 0) is 26.2 Å². The predicted octanol–water partition coefficient (Wildman–Crippen LogP) is 4.40. The zero-order valence-corrected chi connectivity index (χ0v) is 14.4. The Hall–Kier alpha value is -1.32. The number of carboxylic acids is 1. The molecule has 0 heterocycles. The normalized spacial score (nSPS) is 11.0. The van der Waals surface area contributed by atoms with E-state index in [4.69, 9.17) is 5.11 Å². The Morgan fingerprint density at radius 3 is 2.23 bits per heavy atom. The number of aliphatic carboxylic acids is 1. The summed E-state index contributed by atoms with van der Waals surface area (Å²) in [7, 11) is 0. The van der Waals surface area contributed by atoms with Crippen LogP contribution in [0.3, 0.4) is 0 Å². The predicted molar refractivity (Wildman–Crippen MR) is 90.9 cm³/mol. The summed E-state index contributed by atoms with van der Waals surface area (Å²) < 4.78 is 0. The number of rotatable bonds is 14. The molecule has 0 rings (SSSR count). The fourth-order valence-corrected chi connectivity index (χ4v) is 2.41. The Balaban J connectivity index is 3.95. The van der Waals surface area contributed by atoms with Crippen LogP contribution >= 0.6 is 0 Å². The first-order chi connectivity index (χ1) is 10.6. The molecule has 0 radical (unpaired) electrons. The van der Waals surface area contributed by atoms with Gasteiger partial charge in [0.2, 0.25) is 5.91 Å². The smallest absolute Gasteiger partial charge is 0.323 e. The van der Waals surface area contributed by atoms with Crippen LogP contribution in [0.1, 0.15) is 78.1 Å². The maximum absolute atomic E-state index is 12.1. The minimum atomic E-state index is -0.926. The van der Waals surface area contributed by atoms with E-state index in [9.17, 15) is 9.59 Å². The Labute approximate surface area is 135 Å². The molecule has 0 aliphatic rings. The molecule has 0 aromatic carbocycles. The summed E-state index contributed by atoms with van der Waals surface area (Å²) in [6, 6.07) is 0. The van der Waals surface area contributed by atoms with Crippen LogP contribution in [0.2, 0.25) is 0 Å². The van der Waals surface area contributed by atoms with Gasteiger partial charge in [0.05, 0.1) is 0 Å². The Morgan fingerprint density at radius 2 is 1.64 bits per heavy atom. The number of nitrogens with zero attached hydrogens (tertiary/aromatic N) is 1. The highest BCUT2D eigenvalue weighted by atomic mass is 16.4. The molecule has 0 bridgehead atoms. The van der Waals surface area contributed by atoms with Gasteiger partial charge in [0.15, 0.2) is 0 Å². The van der Waals surface area contributed by atoms with E-state index in [1.807, 2.05) is 19.1 Å². The van der Waals surface area contributed by atoms with Gasteiger partial charge in [-0.2, -0.15) is 0 Å². The van der Waals surface area contributed by atoms with E-state index in [0.29, 0.717) is 13.0 Å². The lowest BCUT2D eigenvalue weighted by atomic mass is 10.1. The molecule has 0 spiro atoms. The Bertz CT molecular complexity index is 326. The van der Waals surface area contributed by atoms with Crippen molar-refractivity contribution in [3.05, 3.63) is 12.2 Å². The number of hydrogen-bond acceptors (Lipinski definition) is 2. The first-order valence-electron chi connectivity index (χ1n) is 8.72. The Kier molecular flexibility index (Phi) is 13.7. The first-order valence-corrected chi connectivity index (χ1v) is 8.72. The van der Waals surface area contributed by atoms with Gasteiger partial charge < -0.3 is 10.0 Å². The van der Waals surface area contributed by atoms with Crippen molar-refractivity contribution < 1.29 is 14.7 Å². The molecule has 1 N–H and O–H groups in total. The van der Waals surface area contributed by atoms with Crippen molar-refractivity contribution in [1.82, 2.24) is 4.90 Å². The number of carboxylic acid groups (broad SMARTS) is 1. The Morgan fingerprint density at radius 1 is 1.00 bits per heavy atom. The van der Waals surface area contributed by atoms with Crippen LogP contribution in [0.25, 0.3) is 0 Å². The standard InChI is InChI=1S/C18H33NO3/c1-3-5-7-9-10-11-13-15-19(16-18(21)22)17(20)14-12-8-6-4-2/h4,6H,3,5,7-16H2,1-2H3,(H,21,22)/b6-4+. The van der Waals surface area contributed by atoms with Crippen LogP contribution in [0.15, 0.2) is 12.2 Å². The monoisotopic (exact) mass is 311 g/mol. The maximum Gasteiger partial charge on any atom is 0.323 e. The summed E-state index contributed by atoms with van der Waals surface area (Å²) in [5.41, 5.74) is 0. The van der Waals surface area contributed by atoms with Gasteiger partial charge in [-0.25, -0.2) is 0 Å². The maximum atomic E-state index is 12.1. The minimum absolute atomic E-state index is 0.0297. The van der Waals surface area contributed by atoms with Crippen molar-refractivity contribution in [2.75, 3.05) is 13.1 Å². The van der Waals surface area contributed by atoms with Crippen LogP contribution in [0, 0.1) is 0 Å². The zero-order valence-electron chi connectivity index (χ0n) is 14.4. The second-order valence-electron chi connectivity index (χ2n) is 5.79. The molecule has 0 unspecified atom stereocenters. The van der Waals surface area contributed by atoms with Gasteiger partial charge in [-0.1, -0.05) is 57.6 Å². The highest BCUT2D eigenvalue weighted by Gasteiger charge is 2.15. The number of amides is 1. The summed E-state index contributed by atoms with van der Waals surface area (Å²) in [5.74, 6) is -0.956. The van der Waals surface area contributed by atoms with E-state index in [0.717, 1.165) is 25.7 Å². The minimum Gasteiger partial charge on any atom is -0.480 e. The number of carbonyl (C=O) groups is 2. The summed E-state index contributed by atoms with van der Waals surface area (Å²) in [6.45, 7) is 4.56. The zero-order chi connectivity index (χ0) is 16.6. The second kappa shape index (κ2) is 14.6. The summed E-state index contributed by atoms with van der Waals surface area (Å²) in [4.78, 5) is 24.5. The number of allylic oxidation sites excluding steroid dienone is 2. The molecular formula is C18H33NO3. The van der Waals surface area contributed by atoms with Crippen molar-refractivity contribution in [3.63, 3.8) is 0 Å². The topological polar surface area (TPSA) is 57.6 Å². The van der Waals surface area contributed by atoms with Gasteiger partial charge in [0.1, 0.15) is 6.54 Å². The lowest BCUT2D eigenvalue weighted by Crippen LogP contribution is -2.36. The average molecular weight is 311 g/mol. The molecule has 0 aliphatic heterocycles. The molecule has 4 nitrogen and oxygen atoms in total. The molecule has 22 heavy (non-hydrogen) atoms. The van der Waals surface area contributed by atoms with Gasteiger partial charge >= 0.3 is 5.97 Å². The van der Waals surface area contributed by atoms with Crippen molar-refractivity contribution in [3.8, 4) is 0 Å². The van der Waals surface area contributed by atoms with Crippen molar-refractivity contribution in [2.24, 2.45) is 0 Å². The molecule has 4 heteroatoms. The van der Waals surface area contributed by atoms with Crippen molar-refractivity contribution >= 4 is 11.9 Å². The van der Waals surface area contributed by atoms with Gasteiger partial charge in [-0.3, -0.25) is 9.59 Å². The number of unbranched alkanes of at least 4 members (excludes halogenated alkanes) is 7. The van der Waals surface area contributed by atoms with E-state index in [1.54, 1.807) is 0 Å². The average Bonchev–Trinajstić information content (AvgIpc) is 2.49. The van der Waals surface area contributed by atoms with Crippen molar-refractivity contribution in [1.29, 1.82) is 0 Å². The van der Waals surface area contributed by atoms with E-state index >= 15 is 0 Å². The van der Waals surface area contributed by atoms with Crippen LogP contribution in [0.5, 0.6) is 0 Å². The first kappa shape index (κ1) is 20.7. The van der Waals surface area contributed by atoms with E-state index < -0.39 is 5.97 Å².